The number of aromatic nitrogens is 2. The second-order valence-corrected chi connectivity index (χ2v) is 8.26. The van der Waals surface area contributed by atoms with Crippen LogP contribution in [-0.4, -0.2) is 44.8 Å². The third kappa shape index (κ3) is 5.61. The number of hydrogen-bond acceptors (Lipinski definition) is 6. The molecule has 0 unspecified atom stereocenters. The summed E-state index contributed by atoms with van der Waals surface area (Å²) in [5, 5.41) is 22.7. The van der Waals surface area contributed by atoms with Crippen LogP contribution < -0.4 is 0 Å². The number of rotatable bonds is 8. The van der Waals surface area contributed by atoms with E-state index in [2.05, 4.69) is 10.1 Å². The lowest BCUT2D eigenvalue weighted by atomic mass is 9.94. The average molecular weight is 497 g/mol. The summed E-state index contributed by atoms with van der Waals surface area (Å²) >= 11 is 0. The van der Waals surface area contributed by atoms with Gasteiger partial charge in [0.15, 0.2) is 0 Å². The van der Waals surface area contributed by atoms with Crippen LogP contribution in [0.25, 0.3) is 34.0 Å². The van der Waals surface area contributed by atoms with Crippen LogP contribution in [0.4, 0.5) is 13.2 Å². The summed E-state index contributed by atoms with van der Waals surface area (Å²) in [5.74, 6) is -0.441. The monoisotopic (exact) mass is 497 g/mol. The van der Waals surface area contributed by atoms with E-state index < -0.39 is 24.3 Å². The third-order valence-corrected chi connectivity index (χ3v) is 5.54. The Balaban J connectivity index is 1.58. The van der Waals surface area contributed by atoms with Gasteiger partial charge in [-0.15, -0.1) is 0 Å². The Morgan fingerprint density at radius 3 is 2.36 bits per heavy atom. The van der Waals surface area contributed by atoms with Crippen LogP contribution in [0.5, 0.6) is 0 Å². The van der Waals surface area contributed by atoms with Gasteiger partial charge in [-0.05, 0) is 47.5 Å². The van der Waals surface area contributed by atoms with Crippen LogP contribution >= 0.6 is 0 Å². The highest BCUT2D eigenvalue weighted by Crippen LogP contribution is 2.39. The number of benzene rings is 3. The fourth-order valence-corrected chi connectivity index (χ4v) is 3.90. The topological polar surface area (TPSA) is 99.7 Å². The van der Waals surface area contributed by atoms with Gasteiger partial charge in [-0.2, -0.15) is 18.2 Å². The van der Waals surface area contributed by atoms with Crippen LogP contribution in [-0.2, 0) is 24.1 Å². The smallest absolute Gasteiger partial charge is 0.417 e. The second kappa shape index (κ2) is 10.3. The van der Waals surface area contributed by atoms with E-state index in [1.807, 2.05) is 12.1 Å². The van der Waals surface area contributed by atoms with E-state index in [0.29, 0.717) is 29.1 Å². The number of aliphatic carboxylic acids is 1. The van der Waals surface area contributed by atoms with Crippen molar-refractivity contribution in [2.75, 3.05) is 13.6 Å². The van der Waals surface area contributed by atoms with Crippen LogP contribution in [0.15, 0.2) is 71.3 Å². The summed E-state index contributed by atoms with van der Waals surface area (Å²) in [5.41, 5.74) is 1.78. The summed E-state index contributed by atoms with van der Waals surface area (Å²) in [4.78, 5) is 16.9. The number of nitrogens with zero attached hydrogens (tertiary/aromatic N) is 3. The Hall–Kier alpha value is -4.02. The number of halogens is 3. The predicted octanol–water partition coefficient (Wildman–Crippen LogP) is 5.10. The molecule has 1 heterocycles. The zero-order valence-electron chi connectivity index (χ0n) is 19.2. The van der Waals surface area contributed by atoms with E-state index >= 15 is 0 Å². The molecule has 0 aliphatic heterocycles. The molecule has 0 spiro atoms. The molecule has 7 nitrogen and oxygen atoms in total. The summed E-state index contributed by atoms with van der Waals surface area (Å²) < 4.78 is 45.9. The molecule has 0 fully saturated rings. The lowest BCUT2D eigenvalue weighted by molar-refractivity contribution is -0.138. The number of hydrogen-bond donors (Lipinski definition) is 2. The van der Waals surface area contributed by atoms with Crippen molar-refractivity contribution in [2.45, 2.75) is 19.3 Å². The van der Waals surface area contributed by atoms with Crippen molar-refractivity contribution in [3.63, 3.8) is 0 Å². The van der Waals surface area contributed by atoms with Crippen LogP contribution in [0.3, 0.4) is 0 Å². The molecule has 0 saturated carbocycles. The minimum absolute atomic E-state index is 0.0269. The van der Waals surface area contributed by atoms with E-state index in [9.17, 15) is 23.1 Å². The number of carboxylic acids is 1. The number of aliphatic hydroxyl groups excluding tert-OH is 1. The molecule has 0 atom stereocenters. The molecule has 0 aliphatic rings. The van der Waals surface area contributed by atoms with Gasteiger partial charge in [0.25, 0.3) is 5.89 Å². The Morgan fingerprint density at radius 2 is 1.69 bits per heavy atom. The van der Waals surface area contributed by atoms with Crippen molar-refractivity contribution >= 4 is 5.97 Å². The summed E-state index contributed by atoms with van der Waals surface area (Å²) in [6, 6.07) is 17.0. The SMILES string of the molecule is CN(CC(=O)O)Cc1ccc(-c2noc(-c3ccc(-c4ccccc4C(F)(F)F)c(CO)c3)n2)cc1. The molecule has 1 aromatic heterocycles. The first kappa shape index (κ1) is 25.1. The van der Waals surface area contributed by atoms with Crippen molar-refractivity contribution < 1.29 is 32.7 Å². The Bertz CT molecular complexity index is 1370. The number of carbonyl (C=O) groups is 1. The van der Waals surface area contributed by atoms with Gasteiger partial charge in [0.2, 0.25) is 5.82 Å². The molecule has 0 aliphatic carbocycles. The molecule has 10 heteroatoms. The third-order valence-electron chi connectivity index (χ3n) is 5.54. The highest BCUT2D eigenvalue weighted by atomic mass is 19.4. The second-order valence-electron chi connectivity index (χ2n) is 8.26. The van der Waals surface area contributed by atoms with Gasteiger partial charge in [0.05, 0.1) is 18.7 Å². The van der Waals surface area contributed by atoms with Gasteiger partial charge in [0.1, 0.15) is 0 Å². The van der Waals surface area contributed by atoms with Gasteiger partial charge < -0.3 is 14.7 Å². The first-order chi connectivity index (χ1) is 17.2. The van der Waals surface area contributed by atoms with Crippen molar-refractivity contribution in [3.8, 4) is 34.0 Å². The summed E-state index contributed by atoms with van der Waals surface area (Å²) in [6.45, 7) is -0.0989. The standard InChI is InChI=1S/C26H22F3N3O4/c1-32(14-23(34)35)13-16-6-8-17(9-7-16)24-30-25(36-31-24)18-10-11-20(19(12-18)15-33)21-4-2-3-5-22(21)26(27,28)29/h2-12,33H,13-15H2,1H3,(H,34,35). The summed E-state index contributed by atoms with van der Waals surface area (Å²) in [6.07, 6.45) is -4.54. The Labute approximate surface area is 204 Å². The highest BCUT2D eigenvalue weighted by molar-refractivity contribution is 5.74. The average Bonchev–Trinajstić information content (AvgIpc) is 3.33. The minimum Gasteiger partial charge on any atom is -0.480 e. The van der Waals surface area contributed by atoms with E-state index in [1.165, 1.54) is 30.3 Å². The van der Waals surface area contributed by atoms with E-state index in [1.54, 1.807) is 30.1 Å². The Kier molecular flexibility index (Phi) is 7.18. The maximum atomic E-state index is 13.5. The Morgan fingerprint density at radius 1 is 1.00 bits per heavy atom. The number of aliphatic hydroxyl groups is 1. The summed E-state index contributed by atoms with van der Waals surface area (Å²) in [7, 11) is 1.71. The molecule has 0 amide bonds. The zero-order valence-corrected chi connectivity index (χ0v) is 19.2. The molecular weight excluding hydrogens is 475 g/mol. The molecule has 4 rings (SSSR count). The molecule has 186 valence electrons. The van der Waals surface area contributed by atoms with Crippen LogP contribution in [0.1, 0.15) is 16.7 Å². The van der Waals surface area contributed by atoms with Gasteiger partial charge >= 0.3 is 12.1 Å². The van der Waals surface area contributed by atoms with Gasteiger partial charge in [-0.25, -0.2) is 0 Å². The zero-order chi connectivity index (χ0) is 25.9. The number of carboxylic acid groups (broad SMARTS) is 1. The lowest BCUT2D eigenvalue weighted by Gasteiger charge is -2.15. The van der Waals surface area contributed by atoms with E-state index in [4.69, 9.17) is 9.63 Å². The van der Waals surface area contributed by atoms with E-state index in [0.717, 1.165) is 11.6 Å². The van der Waals surface area contributed by atoms with Crippen LogP contribution in [0, 0.1) is 0 Å². The molecule has 3 aromatic carbocycles. The quantitative estimate of drug-likeness (QED) is 0.350. The number of likely N-dealkylation sites (N-methyl/N-ethyl adjacent to an activating group) is 1. The fraction of sp³-hybridized carbons (Fsp3) is 0.192. The molecule has 0 radical (unpaired) electrons. The highest BCUT2D eigenvalue weighted by Gasteiger charge is 2.33. The molecule has 4 aromatic rings. The normalized spacial score (nSPS) is 11.7. The first-order valence-corrected chi connectivity index (χ1v) is 10.9. The van der Waals surface area contributed by atoms with Crippen molar-refractivity contribution in [1.82, 2.24) is 15.0 Å². The number of alkyl halides is 3. The van der Waals surface area contributed by atoms with Gasteiger partial charge in [-0.1, -0.05) is 53.7 Å². The molecule has 36 heavy (non-hydrogen) atoms. The van der Waals surface area contributed by atoms with Gasteiger partial charge in [0, 0.05) is 17.7 Å². The maximum absolute atomic E-state index is 13.5. The van der Waals surface area contributed by atoms with Crippen LogP contribution in [0.2, 0.25) is 0 Å². The first-order valence-electron chi connectivity index (χ1n) is 10.9. The molecular formula is C26H22F3N3O4. The molecule has 0 bridgehead atoms. The molecule has 0 saturated heterocycles. The largest absolute Gasteiger partial charge is 0.480 e. The van der Waals surface area contributed by atoms with E-state index in [-0.39, 0.29) is 23.6 Å². The van der Waals surface area contributed by atoms with Crippen molar-refractivity contribution in [1.29, 1.82) is 0 Å². The molecule has 2 N–H and O–H groups in total. The fourth-order valence-electron chi connectivity index (χ4n) is 3.90. The lowest BCUT2D eigenvalue weighted by Crippen LogP contribution is -2.25. The van der Waals surface area contributed by atoms with Crippen molar-refractivity contribution in [3.05, 3.63) is 83.4 Å². The maximum Gasteiger partial charge on any atom is 0.417 e. The van der Waals surface area contributed by atoms with Gasteiger partial charge in [-0.3, -0.25) is 9.69 Å². The predicted molar refractivity (Wildman–Crippen MR) is 126 cm³/mol. The minimum atomic E-state index is -4.54. The van der Waals surface area contributed by atoms with Crippen molar-refractivity contribution in [2.24, 2.45) is 0 Å².